The molecule has 1 aromatic rings. The molecule has 0 unspecified atom stereocenters. The zero-order valence-corrected chi connectivity index (χ0v) is 11.2. The van der Waals surface area contributed by atoms with Gasteiger partial charge in [-0.1, -0.05) is 31.0 Å². The monoisotopic (exact) mass is 267 g/mol. The van der Waals surface area contributed by atoms with Crippen LogP contribution in [-0.2, 0) is 4.74 Å². The second-order valence-corrected chi connectivity index (χ2v) is 5.28. The highest BCUT2D eigenvalue weighted by Gasteiger charge is 2.24. The van der Waals surface area contributed by atoms with Gasteiger partial charge in [0.05, 0.1) is 0 Å². The molecule has 0 aliphatic heterocycles. The van der Waals surface area contributed by atoms with Crippen molar-refractivity contribution in [2.75, 3.05) is 5.32 Å². The van der Waals surface area contributed by atoms with E-state index in [2.05, 4.69) is 12.2 Å². The third-order valence-electron chi connectivity index (χ3n) is 3.36. The van der Waals surface area contributed by atoms with Crippen LogP contribution in [0, 0.1) is 5.92 Å². The van der Waals surface area contributed by atoms with Crippen LogP contribution in [-0.4, -0.2) is 12.2 Å². The minimum absolute atomic E-state index is 0.0398. The number of rotatable bonds is 2. The number of hydrogen-bond donors (Lipinski definition) is 1. The molecule has 4 heteroatoms. The zero-order chi connectivity index (χ0) is 13.0. The van der Waals surface area contributed by atoms with Gasteiger partial charge >= 0.3 is 6.09 Å². The van der Waals surface area contributed by atoms with Crippen molar-refractivity contribution in [2.45, 2.75) is 38.7 Å². The molecule has 0 radical (unpaired) electrons. The Bertz CT molecular complexity index is 422. The smallest absolute Gasteiger partial charge is 0.411 e. The average Bonchev–Trinajstić information content (AvgIpc) is 2.32. The van der Waals surface area contributed by atoms with E-state index in [-0.39, 0.29) is 6.10 Å². The normalized spacial score (nSPS) is 23.4. The molecule has 0 bridgehead atoms. The number of nitrogens with one attached hydrogen (secondary N) is 1. The lowest BCUT2D eigenvalue weighted by Gasteiger charge is -2.28. The molecule has 0 heterocycles. The van der Waals surface area contributed by atoms with Crippen LogP contribution in [0.1, 0.15) is 32.6 Å². The Morgan fingerprint density at radius 2 is 2.17 bits per heavy atom. The molecule has 1 aliphatic carbocycles. The van der Waals surface area contributed by atoms with Crippen molar-refractivity contribution >= 4 is 23.4 Å². The summed E-state index contributed by atoms with van der Waals surface area (Å²) in [7, 11) is 0. The fourth-order valence-electron chi connectivity index (χ4n) is 2.31. The van der Waals surface area contributed by atoms with Gasteiger partial charge in [0.1, 0.15) is 6.10 Å². The van der Waals surface area contributed by atoms with Crippen LogP contribution in [0.15, 0.2) is 24.3 Å². The van der Waals surface area contributed by atoms with Gasteiger partial charge in [-0.15, -0.1) is 0 Å². The second-order valence-electron chi connectivity index (χ2n) is 4.84. The molecule has 1 amide bonds. The highest BCUT2D eigenvalue weighted by atomic mass is 35.5. The van der Waals surface area contributed by atoms with Gasteiger partial charge < -0.3 is 4.74 Å². The Morgan fingerprint density at radius 3 is 2.89 bits per heavy atom. The van der Waals surface area contributed by atoms with E-state index in [0.29, 0.717) is 16.6 Å². The zero-order valence-electron chi connectivity index (χ0n) is 10.5. The van der Waals surface area contributed by atoms with Gasteiger partial charge in [-0.25, -0.2) is 4.79 Å². The number of ether oxygens (including phenoxy) is 1. The minimum atomic E-state index is -0.393. The minimum Gasteiger partial charge on any atom is -0.446 e. The number of benzene rings is 1. The summed E-state index contributed by atoms with van der Waals surface area (Å²) in [6.07, 6.45) is 4.12. The van der Waals surface area contributed by atoms with Crippen LogP contribution >= 0.6 is 11.6 Å². The third kappa shape index (κ3) is 3.64. The number of hydrogen-bond acceptors (Lipinski definition) is 2. The maximum atomic E-state index is 11.8. The van der Waals surface area contributed by atoms with Crippen LogP contribution in [0.2, 0.25) is 5.02 Å². The van der Waals surface area contributed by atoms with Gasteiger partial charge in [0.15, 0.2) is 0 Å². The topological polar surface area (TPSA) is 38.3 Å². The molecule has 3 nitrogen and oxygen atoms in total. The van der Waals surface area contributed by atoms with E-state index < -0.39 is 6.09 Å². The molecule has 1 aromatic carbocycles. The van der Waals surface area contributed by atoms with Crippen molar-refractivity contribution in [3.8, 4) is 0 Å². The summed E-state index contributed by atoms with van der Waals surface area (Å²) in [5, 5.41) is 3.30. The summed E-state index contributed by atoms with van der Waals surface area (Å²) in [5.74, 6) is 0.448. The Kier molecular flexibility index (Phi) is 4.48. The van der Waals surface area contributed by atoms with E-state index >= 15 is 0 Å². The summed E-state index contributed by atoms with van der Waals surface area (Å²) >= 11 is 5.85. The Morgan fingerprint density at radius 1 is 1.39 bits per heavy atom. The number of amides is 1. The van der Waals surface area contributed by atoms with Crippen molar-refractivity contribution in [1.82, 2.24) is 0 Å². The predicted octanol–water partition coefficient (Wildman–Crippen LogP) is 4.47. The Hall–Kier alpha value is -1.22. The maximum absolute atomic E-state index is 11.8. The van der Waals surface area contributed by atoms with Gasteiger partial charge in [-0.3, -0.25) is 5.32 Å². The second kappa shape index (κ2) is 6.10. The lowest BCUT2D eigenvalue weighted by atomic mass is 9.88. The molecule has 0 saturated heterocycles. The molecule has 0 aromatic heterocycles. The van der Waals surface area contributed by atoms with Crippen molar-refractivity contribution in [3.05, 3.63) is 29.3 Å². The summed E-state index contributed by atoms with van der Waals surface area (Å²) in [4.78, 5) is 11.8. The van der Waals surface area contributed by atoms with Crippen molar-refractivity contribution < 1.29 is 9.53 Å². The third-order valence-corrected chi connectivity index (χ3v) is 3.60. The average molecular weight is 268 g/mol. The predicted molar refractivity (Wildman–Crippen MR) is 73.0 cm³/mol. The van der Waals surface area contributed by atoms with E-state index in [4.69, 9.17) is 16.3 Å². The number of carbonyl (C=O) groups excluding carboxylic acids is 1. The summed E-state index contributed by atoms with van der Waals surface area (Å²) < 4.78 is 5.45. The van der Waals surface area contributed by atoms with E-state index in [1.807, 2.05) is 0 Å². The van der Waals surface area contributed by atoms with E-state index in [0.717, 1.165) is 19.3 Å². The highest BCUT2D eigenvalue weighted by Crippen LogP contribution is 2.26. The molecule has 2 rings (SSSR count). The molecule has 1 fully saturated rings. The fourth-order valence-corrected chi connectivity index (χ4v) is 2.50. The standard InChI is InChI=1S/C14H18ClNO2/c1-10-5-2-3-8-13(10)18-14(17)16-12-7-4-6-11(15)9-12/h4,6-7,9-10,13H,2-3,5,8H2,1H3,(H,16,17)/t10-,13-/m0/s1. The van der Waals surface area contributed by atoms with Crippen molar-refractivity contribution in [1.29, 1.82) is 0 Å². The number of carbonyl (C=O) groups is 1. The largest absolute Gasteiger partial charge is 0.446 e. The maximum Gasteiger partial charge on any atom is 0.411 e. The van der Waals surface area contributed by atoms with Gasteiger partial charge in [-0.05, 0) is 43.4 Å². The van der Waals surface area contributed by atoms with Crippen molar-refractivity contribution in [3.63, 3.8) is 0 Å². The molecular formula is C14H18ClNO2. The lowest BCUT2D eigenvalue weighted by molar-refractivity contribution is 0.0524. The van der Waals surface area contributed by atoms with Crippen LogP contribution in [0.3, 0.4) is 0 Å². The van der Waals surface area contributed by atoms with Gasteiger partial charge in [-0.2, -0.15) is 0 Å². The first-order chi connectivity index (χ1) is 8.65. The highest BCUT2D eigenvalue weighted by molar-refractivity contribution is 6.30. The fraction of sp³-hybridized carbons (Fsp3) is 0.500. The van der Waals surface area contributed by atoms with Crippen LogP contribution in [0.4, 0.5) is 10.5 Å². The summed E-state index contributed by atoms with van der Waals surface area (Å²) in [6.45, 7) is 2.14. The Balaban J connectivity index is 1.88. The molecule has 18 heavy (non-hydrogen) atoms. The lowest BCUT2D eigenvalue weighted by Crippen LogP contribution is -2.30. The van der Waals surface area contributed by atoms with Crippen molar-refractivity contribution in [2.24, 2.45) is 5.92 Å². The first kappa shape index (κ1) is 13.2. The SMILES string of the molecule is C[C@H]1CCCC[C@@H]1OC(=O)Nc1cccc(Cl)c1. The van der Waals surface area contributed by atoms with E-state index in [9.17, 15) is 4.79 Å². The Labute approximate surface area is 112 Å². The first-order valence-corrected chi connectivity index (χ1v) is 6.76. The molecular weight excluding hydrogens is 250 g/mol. The van der Waals surface area contributed by atoms with Gasteiger partial charge in [0.2, 0.25) is 0 Å². The molecule has 0 spiro atoms. The molecule has 1 aliphatic rings. The summed E-state index contributed by atoms with van der Waals surface area (Å²) in [6, 6.07) is 7.05. The van der Waals surface area contributed by atoms with Gasteiger partial charge in [0.25, 0.3) is 0 Å². The van der Waals surface area contributed by atoms with Gasteiger partial charge in [0, 0.05) is 10.7 Å². The molecule has 2 atom stereocenters. The van der Waals surface area contributed by atoms with E-state index in [1.165, 1.54) is 6.42 Å². The van der Waals surface area contributed by atoms with E-state index in [1.54, 1.807) is 24.3 Å². The molecule has 1 saturated carbocycles. The number of halogens is 1. The quantitative estimate of drug-likeness (QED) is 0.859. The first-order valence-electron chi connectivity index (χ1n) is 6.38. The summed E-state index contributed by atoms with van der Waals surface area (Å²) in [5.41, 5.74) is 0.663. The number of anilines is 1. The van der Waals surface area contributed by atoms with Crippen LogP contribution in [0.5, 0.6) is 0 Å². The van der Waals surface area contributed by atoms with Crippen LogP contribution in [0.25, 0.3) is 0 Å². The molecule has 1 N–H and O–H groups in total. The van der Waals surface area contributed by atoms with Crippen LogP contribution < -0.4 is 5.32 Å². The molecule has 98 valence electrons.